The number of aryl methyl sites for hydroxylation is 1. The molecule has 0 radical (unpaired) electrons. The van der Waals surface area contributed by atoms with E-state index in [9.17, 15) is 0 Å². The molecule has 0 fully saturated rings. The fraction of sp³-hybridized carbons (Fsp3) is 0.455. The second-order valence-corrected chi connectivity index (χ2v) is 2.26. The van der Waals surface area contributed by atoms with Gasteiger partial charge in [-0.3, -0.25) is 0 Å². The highest BCUT2D eigenvalue weighted by Gasteiger charge is 1.93. The molecule has 1 aromatic carbocycles. The van der Waals surface area contributed by atoms with Crippen LogP contribution in [-0.2, 0) is 6.42 Å². The highest BCUT2D eigenvalue weighted by atomic mass is 14.8. The summed E-state index contributed by atoms with van der Waals surface area (Å²) in [6.07, 6.45) is 1.09. The van der Waals surface area contributed by atoms with Crippen LogP contribution in [0, 0.1) is 0 Å². The Balaban J connectivity index is 0. The van der Waals surface area contributed by atoms with Gasteiger partial charge in [-0.15, -0.1) is 0 Å². The minimum Gasteiger partial charge on any atom is -0.388 e. The van der Waals surface area contributed by atoms with Crippen molar-refractivity contribution in [2.45, 2.75) is 27.2 Å². The van der Waals surface area contributed by atoms with Crippen LogP contribution in [0.2, 0.25) is 0 Å². The zero-order valence-corrected chi connectivity index (χ0v) is 8.52. The molecule has 0 aromatic heterocycles. The minimum atomic E-state index is 0. The van der Waals surface area contributed by atoms with Gasteiger partial charge in [-0.05, 0) is 18.1 Å². The molecule has 1 aromatic rings. The quantitative estimate of drug-likeness (QED) is 0.710. The largest absolute Gasteiger partial charge is 0.388 e. The van der Waals surface area contributed by atoms with Gasteiger partial charge in [0.2, 0.25) is 0 Å². The highest BCUT2D eigenvalue weighted by molar-refractivity contribution is 5.50. The molecule has 0 amide bonds. The topological polar surface area (TPSA) is 12.0 Å². The van der Waals surface area contributed by atoms with Gasteiger partial charge in [-0.25, -0.2) is 0 Å². The summed E-state index contributed by atoms with van der Waals surface area (Å²) in [4.78, 5) is 0. The summed E-state index contributed by atoms with van der Waals surface area (Å²) >= 11 is 0. The van der Waals surface area contributed by atoms with Gasteiger partial charge in [-0.2, -0.15) is 0 Å². The van der Waals surface area contributed by atoms with Crippen LogP contribution >= 0.6 is 0 Å². The molecule has 1 heteroatoms. The zero-order valence-electron chi connectivity index (χ0n) is 8.52. The van der Waals surface area contributed by atoms with Gasteiger partial charge in [0, 0.05) is 14.2 Å². The lowest BCUT2D eigenvalue weighted by molar-refractivity contribution is 1.14. The van der Waals surface area contributed by atoms with Gasteiger partial charge in [0.15, 0.2) is 0 Å². The van der Waals surface area contributed by atoms with Crippen LogP contribution in [0.3, 0.4) is 0 Å². The fourth-order valence-corrected chi connectivity index (χ4v) is 1.07. The molecule has 0 aliphatic carbocycles. The van der Waals surface area contributed by atoms with E-state index in [1.807, 2.05) is 27.0 Å². The SMILES string of the molecule is CC.CCc1ccccc1NC.[HH]. The average molecular weight is 167 g/mol. The molecule has 0 aliphatic heterocycles. The van der Waals surface area contributed by atoms with Crippen molar-refractivity contribution < 1.29 is 1.43 Å². The van der Waals surface area contributed by atoms with Crippen molar-refractivity contribution in [3.05, 3.63) is 29.8 Å². The smallest absolute Gasteiger partial charge is 0.0370 e. The second kappa shape index (κ2) is 6.71. The van der Waals surface area contributed by atoms with E-state index in [0.29, 0.717) is 0 Å². The van der Waals surface area contributed by atoms with Crippen LogP contribution < -0.4 is 5.32 Å². The average Bonchev–Trinajstić information content (AvgIpc) is 2.20. The summed E-state index contributed by atoms with van der Waals surface area (Å²) in [5, 5.41) is 3.15. The number of rotatable bonds is 2. The van der Waals surface area contributed by atoms with E-state index in [1.165, 1.54) is 11.3 Å². The normalized spacial score (nSPS) is 8.33. The van der Waals surface area contributed by atoms with Crippen molar-refractivity contribution in [2.24, 2.45) is 0 Å². The van der Waals surface area contributed by atoms with Gasteiger partial charge in [0.1, 0.15) is 0 Å². The van der Waals surface area contributed by atoms with Crippen molar-refractivity contribution >= 4 is 5.69 Å². The lowest BCUT2D eigenvalue weighted by Crippen LogP contribution is -1.92. The standard InChI is InChI=1S/C9H13N.C2H6.H2/c1-3-8-6-4-5-7-9(8)10-2;1-2;/h4-7,10H,3H2,1-2H3;1-2H3;1H. The van der Waals surface area contributed by atoms with Gasteiger partial charge in [0.25, 0.3) is 0 Å². The van der Waals surface area contributed by atoms with Crippen molar-refractivity contribution in [3.63, 3.8) is 0 Å². The molecular weight excluding hydrogens is 146 g/mol. The van der Waals surface area contributed by atoms with Crippen LogP contribution in [0.1, 0.15) is 27.8 Å². The zero-order chi connectivity index (χ0) is 9.40. The molecule has 12 heavy (non-hydrogen) atoms. The molecule has 0 heterocycles. The highest BCUT2D eigenvalue weighted by Crippen LogP contribution is 2.13. The Morgan fingerprint density at radius 1 is 1.25 bits per heavy atom. The molecule has 1 nitrogen and oxygen atoms in total. The molecule has 0 unspecified atom stereocenters. The molecular formula is C11H21N. The lowest BCUT2D eigenvalue weighted by Gasteiger charge is -2.04. The van der Waals surface area contributed by atoms with Crippen molar-refractivity contribution in [1.29, 1.82) is 0 Å². The maximum atomic E-state index is 3.15. The molecule has 1 rings (SSSR count). The Kier molecular flexibility index (Phi) is 6.16. The van der Waals surface area contributed by atoms with E-state index in [4.69, 9.17) is 0 Å². The number of nitrogens with one attached hydrogen (secondary N) is 1. The summed E-state index contributed by atoms with van der Waals surface area (Å²) in [6.45, 7) is 6.16. The molecule has 70 valence electrons. The second-order valence-electron chi connectivity index (χ2n) is 2.26. The van der Waals surface area contributed by atoms with Crippen LogP contribution in [0.5, 0.6) is 0 Å². The molecule has 0 saturated carbocycles. The van der Waals surface area contributed by atoms with E-state index in [-0.39, 0.29) is 1.43 Å². The maximum Gasteiger partial charge on any atom is 0.0370 e. The lowest BCUT2D eigenvalue weighted by atomic mass is 10.1. The Morgan fingerprint density at radius 2 is 1.83 bits per heavy atom. The maximum absolute atomic E-state index is 3.15. The Labute approximate surface area is 77.3 Å². The molecule has 1 N–H and O–H groups in total. The van der Waals surface area contributed by atoms with Crippen LogP contribution in [-0.4, -0.2) is 7.05 Å². The third kappa shape index (κ3) is 2.95. The van der Waals surface area contributed by atoms with Crippen molar-refractivity contribution in [1.82, 2.24) is 0 Å². The predicted molar refractivity (Wildman–Crippen MR) is 58.8 cm³/mol. The molecule has 0 bridgehead atoms. The monoisotopic (exact) mass is 167 g/mol. The van der Waals surface area contributed by atoms with Gasteiger partial charge < -0.3 is 5.32 Å². The Morgan fingerprint density at radius 3 is 2.25 bits per heavy atom. The molecule has 0 saturated heterocycles. The third-order valence-electron chi connectivity index (χ3n) is 1.67. The summed E-state index contributed by atoms with van der Waals surface area (Å²) in [5.41, 5.74) is 2.62. The van der Waals surface area contributed by atoms with Gasteiger partial charge in [0.05, 0.1) is 0 Å². The van der Waals surface area contributed by atoms with E-state index in [2.05, 4.69) is 30.4 Å². The van der Waals surface area contributed by atoms with E-state index in [0.717, 1.165) is 6.42 Å². The van der Waals surface area contributed by atoms with E-state index < -0.39 is 0 Å². The predicted octanol–water partition coefficient (Wildman–Crippen LogP) is 3.56. The van der Waals surface area contributed by atoms with Gasteiger partial charge in [-0.1, -0.05) is 39.0 Å². The first-order chi connectivity index (χ1) is 5.88. The fourth-order valence-electron chi connectivity index (χ4n) is 1.07. The number of anilines is 1. The van der Waals surface area contributed by atoms with Gasteiger partial charge >= 0.3 is 0 Å². The van der Waals surface area contributed by atoms with Crippen LogP contribution in [0.25, 0.3) is 0 Å². The van der Waals surface area contributed by atoms with Crippen LogP contribution in [0.15, 0.2) is 24.3 Å². The minimum absolute atomic E-state index is 0. The Hall–Kier alpha value is -0.980. The molecule has 0 aliphatic rings. The summed E-state index contributed by atoms with van der Waals surface area (Å²) in [5.74, 6) is 0. The summed E-state index contributed by atoms with van der Waals surface area (Å²) < 4.78 is 0. The first kappa shape index (κ1) is 11.0. The van der Waals surface area contributed by atoms with E-state index >= 15 is 0 Å². The molecule has 0 atom stereocenters. The third-order valence-corrected chi connectivity index (χ3v) is 1.67. The first-order valence-corrected chi connectivity index (χ1v) is 4.64. The van der Waals surface area contributed by atoms with Crippen LogP contribution in [0.4, 0.5) is 5.69 Å². The summed E-state index contributed by atoms with van der Waals surface area (Å²) in [7, 11) is 1.95. The number of para-hydroxylation sites is 1. The number of benzene rings is 1. The number of hydrogen-bond donors (Lipinski definition) is 1. The number of hydrogen-bond acceptors (Lipinski definition) is 1. The van der Waals surface area contributed by atoms with Crippen molar-refractivity contribution in [3.8, 4) is 0 Å². The Bertz CT molecular complexity index is 188. The van der Waals surface area contributed by atoms with E-state index in [1.54, 1.807) is 0 Å². The first-order valence-electron chi connectivity index (χ1n) is 4.64. The molecule has 0 spiro atoms. The van der Waals surface area contributed by atoms with Crippen molar-refractivity contribution in [2.75, 3.05) is 12.4 Å². The summed E-state index contributed by atoms with van der Waals surface area (Å²) in [6, 6.07) is 8.36.